The van der Waals surface area contributed by atoms with Crippen molar-refractivity contribution in [2.45, 2.75) is 20.3 Å². The molecule has 110 valence electrons. The first kappa shape index (κ1) is 15.5. The number of nitrogens with one attached hydrogen (secondary N) is 1. The van der Waals surface area contributed by atoms with E-state index in [2.05, 4.69) is 33.2 Å². The first-order valence-electron chi connectivity index (χ1n) is 6.72. The third-order valence-corrected chi connectivity index (χ3v) is 3.82. The van der Waals surface area contributed by atoms with Crippen molar-refractivity contribution < 1.29 is 9.53 Å². The Balaban J connectivity index is 1.91. The molecule has 0 unspecified atom stereocenters. The van der Waals surface area contributed by atoms with E-state index in [0.29, 0.717) is 11.6 Å². The lowest BCUT2D eigenvalue weighted by atomic mass is 10.2. The Morgan fingerprint density at radius 2 is 2.19 bits per heavy atom. The fourth-order valence-electron chi connectivity index (χ4n) is 1.79. The summed E-state index contributed by atoms with van der Waals surface area (Å²) in [5, 5.41) is 2.71. The van der Waals surface area contributed by atoms with Gasteiger partial charge in [-0.15, -0.1) is 0 Å². The molecular weight excluding hydrogens is 332 g/mol. The van der Waals surface area contributed by atoms with Gasteiger partial charge in [-0.05, 0) is 58.6 Å². The SMILES string of the molecule is CCc1cccc(OCC(=O)Nc2cc(C)c(Br)cn2)c1. The molecular formula is C16H17BrN2O2. The van der Waals surface area contributed by atoms with Gasteiger partial charge in [0.05, 0.1) is 0 Å². The Bertz CT molecular complexity index is 644. The highest BCUT2D eigenvalue weighted by Gasteiger charge is 2.06. The third-order valence-electron chi connectivity index (χ3n) is 2.99. The van der Waals surface area contributed by atoms with Crippen LogP contribution in [-0.2, 0) is 11.2 Å². The number of anilines is 1. The predicted molar refractivity (Wildman–Crippen MR) is 86.6 cm³/mol. The van der Waals surface area contributed by atoms with E-state index in [4.69, 9.17) is 4.74 Å². The second-order valence-corrected chi connectivity index (χ2v) is 5.51. The van der Waals surface area contributed by atoms with Crippen LogP contribution in [0.4, 0.5) is 5.82 Å². The Hall–Kier alpha value is -1.88. The summed E-state index contributed by atoms with van der Waals surface area (Å²) in [6.07, 6.45) is 2.60. The van der Waals surface area contributed by atoms with Crippen molar-refractivity contribution in [2.75, 3.05) is 11.9 Å². The van der Waals surface area contributed by atoms with Gasteiger partial charge in [-0.25, -0.2) is 4.98 Å². The summed E-state index contributed by atoms with van der Waals surface area (Å²) in [7, 11) is 0. The Morgan fingerprint density at radius 1 is 1.38 bits per heavy atom. The number of rotatable bonds is 5. The first-order chi connectivity index (χ1) is 10.1. The molecule has 1 heterocycles. The Labute approximate surface area is 132 Å². The maximum absolute atomic E-state index is 11.8. The van der Waals surface area contributed by atoms with E-state index in [9.17, 15) is 4.79 Å². The number of aromatic nitrogens is 1. The number of halogens is 1. The van der Waals surface area contributed by atoms with Crippen LogP contribution in [0.3, 0.4) is 0 Å². The topological polar surface area (TPSA) is 51.2 Å². The van der Waals surface area contributed by atoms with Gasteiger partial charge in [0.2, 0.25) is 0 Å². The average Bonchev–Trinajstić information content (AvgIpc) is 2.49. The smallest absolute Gasteiger partial charge is 0.263 e. The molecule has 0 spiro atoms. The fraction of sp³-hybridized carbons (Fsp3) is 0.250. The van der Waals surface area contributed by atoms with E-state index in [1.54, 1.807) is 12.3 Å². The number of pyridine rings is 1. The van der Waals surface area contributed by atoms with Crippen LogP contribution in [0, 0.1) is 6.92 Å². The standard InChI is InChI=1S/C16H17BrN2O2/c1-3-12-5-4-6-13(8-12)21-10-16(20)19-15-7-11(2)14(17)9-18-15/h4-9H,3,10H2,1-2H3,(H,18,19,20). The number of hydrogen-bond donors (Lipinski definition) is 1. The molecule has 2 rings (SSSR count). The summed E-state index contributed by atoms with van der Waals surface area (Å²) in [6, 6.07) is 9.54. The Kier molecular flexibility index (Phi) is 5.33. The molecule has 0 aliphatic carbocycles. The number of aryl methyl sites for hydroxylation is 2. The predicted octanol–water partition coefficient (Wildman–Crippen LogP) is 3.73. The average molecular weight is 349 g/mol. The number of carbonyl (C=O) groups excluding carboxylic acids is 1. The van der Waals surface area contributed by atoms with Crippen LogP contribution in [0.15, 0.2) is 41.0 Å². The number of hydrogen-bond acceptors (Lipinski definition) is 3. The van der Waals surface area contributed by atoms with Gasteiger partial charge < -0.3 is 10.1 Å². The van der Waals surface area contributed by atoms with Gasteiger partial charge >= 0.3 is 0 Å². The molecule has 0 radical (unpaired) electrons. The highest BCUT2D eigenvalue weighted by atomic mass is 79.9. The number of nitrogens with zero attached hydrogens (tertiary/aromatic N) is 1. The van der Waals surface area contributed by atoms with E-state index in [0.717, 1.165) is 16.5 Å². The zero-order valence-corrected chi connectivity index (χ0v) is 13.6. The van der Waals surface area contributed by atoms with Crippen molar-refractivity contribution in [3.05, 3.63) is 52.1 Å². The second kappa shape index (κ2) is 7.22. The van der Waals surface area contributed by atoms with E-state index in [1.165, 1.54) is 5.56 Å². The molecule has 2 aromatic rings. The van der Waals surface area contributed by atoms with Crippen LogP contribution < -0.4 is 10.1 Å². The summed E-state index contributed by atoms with van der Waals surface area (Å²) in [5.74, 6) is 0.988. The summed E-state index contributed by atoms with van der Waals surface area (Å²) in [6.45, 7) is 3.98. The molecule has 0 bridgehead atoms. The van der Waals surface area contributed by atoms with Crippen molar-refractivity contribution in [3.8, 4) is 5.75 Å². The van der Waals surface area contributed by atoms with Crippen molar-refractivity contribution in [3.63, 3.8) is 0 Å². The normalized spacial score (nSPS) is 10.2. The summed E-state index contributed by atoms with van der Waals surface area (Å²) in [5.41, 5.74) is 2.19. The van der Waals surface area contributed by atoms with Crippen LogP contribution >= 0.6 is 15.9 Å². The summed E-state index contributed by atoms with van der Waals surface area (Å²) < 4.78 is 6.40. The molecule has 4 nitrogen and oxygen atoms in total. The van der Waals surface area contributed by atoms with Crippen LogP contribution in [0.5, 0.6) is 5.75 Å². The van der Waals surface area contributed by atoms with Gasteiger partial charge in [0.25, 0.3) is 5.91 Å². The molecule has 1 aromatic carbocycles. The van der Waals surface area contributed by atoms with Gasteiger partial charge in [-0.3, -0.25) is 4.79 Å². The molecule has 0 aliphatic heterocycles. The molecule has 0 fully saturated rings. The summed E-state index contributed by atoms with van der Waals surface area (Å²) >= 11 is 3.37. The number of carbonyl (C=O) groups is 1. The highest BCUT2D eigenvalue weighted by molar-refractivity contribution is 9.10. The van der Waals surface area contributed by atoms with E-state index >= 15 is 0 Å². The van der Waals surface area contributed by atoms with Crippen LogP contribution in [0.25, 0.3) is 0 Å². The first-order valence-corrected chi connectivity index (χ1v) is 7.51. The van der Waals surface area contributed by atoms with Crippen LogP contribution in [-0.4, -0.2) is 17.5 Å². The van der Waals surface area contributed by atoms with Gasteiger partial charge in [0.1, 0.15) is 11.6 Å². The lowest BCUT2D eigenvalue weighted by Crippen LogP contribution is -2.20. The van der Waals surface area contributed by atoms with Gasteiger partial charge in [-0.1, -0.05) is 19.1 Å². The maximum Gasteiger partial charge on any atom is 0.263 e. The van der Waals surface area contributed by atoms with Crippen molar-refractivity contribution in [1.29, 1.82) is 0 Å². The molecule has 0 saturated carbocycles. The molecule has 0 aliphatic rings. The fourth-order valence-corrected chi connectivity index (χ4v) is 2.01. The second-order valence-electron chi connectivity index (χ2n) is 4.66. The van der Waals surface area contributed by atoms with Crippen molar-refractivity contribution >= 4 is 27.7 Å². The minimum atomic E-state index is -0.230. The van der Waals surface area contributed by atoms with Crippen molar-refractivity contribution in [1.82, 2.24) is 4.98 Å². The lowest BCUT2D eigenvalue weighted by molar-refractivity contribution is -0.118. The molecule has 1 N–H and O–H groups in total. The van der Waals surface area contributed by atoms with E-state index < -0.39 is 0 Å². The molecule has 1 aromatic heterocycles. The molecule has 0 atom stereocenters. The van der Waals surface area contributed by atoms with Crippen molar-refractivity contribution in [2.24, 2.45) is 0 Å². The molecule has 1 amide bonds. The third kappa shape index (κ3) is 4.56. The van der Waals surface area contributed by atoms with Crippen LogP contribution in [0.2, 0.25) is 0 Å². The number of ether oxygens (including phenoxy) is 1. The minimum Gasteiger partial charge on any atom is -0.484 e. The highest BCUT2D eigenvalue weighted by Crippen LogP contribution is 2.17. The minimum absolute atomic E-state index is 0.0377. The zero-order valence-electron chi connectivity index (χ0n) is 12.0. The maximum atomic E-state index is 11.8. The van der Waals surface area contributed by atoms with E-state index in [1.807, 2.05) is 31.2 Å². The van der Waals surface area contributed by atoms with Gasteiger partial charge in [-0.2, -0.15) is 0 Å². The van der Waals surface area contributed by atoms with Gasteiger partial charge in [0.15, 0.2) is 6.61 Å². The zero-order chi connectivity index (χ0) is 15.2. The monoisotopic (exact) mass is 348 g/mol. The van der Waals surface area contributed by atoms with Gasteiger partial charge in [0, 0.05) is 10.7 Å². The largest absolute Gasteiger partial charge is 0.484 e. The number of amides is 1. The van der Waals surface area contributed by atoms with Crippen LogP contribution in [0.1, 0.15) is 18.1 Å². The van der Waals surface area contributed by atoms with E-state index in [-0.39, 0.29) is 12.5 Å². The molecule has 0 saturated heterocycles. The Morgan fingerprint density at radius 3 is 2.90 bits per heavy atom. The number of benzene rings is 1. The lowest BCUT2D eigenvalue weighted by Gasteiger charge is -2.08. The summed E-state index contributed by atoms with van der Waals surface area (Å²) in [4.78, 5) is 16.0. The molecule has 5 heteroatoms. The molecule has 21 heavy (non-hydrogen) atoms. The quantitative estimate of drug-likeness (QED) is 0.895.